The summed E-state index contributed by atoms with van der Waals surface area (Å²) in [6.07, 6.45) is 1.42. The van der Waals surface area contributed by atoms with E-state index in [0.29, 0.717) is 0 Å². The number of carbonyl (C=O) groups excluding carboxylic acids is 4. The van der Waals surface area contributed by atoms with Gasteiger partial charge in [0.2, 0.25) is 0 Å². The monoisotopic (exact) mass is 354 g/mol. The first-order valence-corrected chi connectivity index (χ1v) is 8.20. The first-order valence-electron chi connectivity index (χ1n) is 8.20. The van der Waals surface area contributed by atoms with Gasteiger partial charge in [-0.2, -0.15) is 0 Å². The SMILES string of the molecule is CC(C)OC(=O)N(CCC(=O)OC(C)(C)C)CCN1C(=O)C=CC1=O. The van der Waals surface area contributed by atoms with Crippen LogP contribution in [-0.2, 0) is 23.9 Å². The van der Waals surface area contributed by atoms with E-state index in [9.17, 15) is 19.2 Å². The summed E-state index contributed by atoms with van der Waals surface area (Å²) in [5.74, 6) is -1.28. The molecule has 1 aliphatic heterocycles. The predicted octanol–water partition coefficient (Wildman–Crippen LogP) is 1.49. The lowest BCUT2D eigenvalue weighted by molar-refractivity contribution is -0.155. The number of hydrogen-bond acceptors (Lipinski definition) is 6. The zero-order valence-corrected chi connectivity index (χ0v) is 15.4. The second-order valence-electron chi connectivity index (χ2n) is 6.92. The highest BCUT2D eigenvalue weighted by Crippen LogP contribution is 2.10. The molecule has 1 aliphatic rings. The molecular formula is C17H26N2O6. The summed E-state index contributed by atoms with van der Waals surface area (Å²) in [6.45, 7) is 8.88. The smallest absolute Gasteiger partial charge is 0.410 e. The predicted molar refractivity (Wildman–Crippen MR) is 89.5 cm³/mol. The highest BCUT2D eigenvalue weighted by Gasteiger charge is 2.26. The highest BCUT2D eigenvalue weighted by atomic mass is 16.6. The molecule has 8 heteroatoms. The molecule has 1 heterocycles. The van der Waals surface area contributed by atoms with Gasteiger partial charge in [-0.15, -0.1) is 0 Å². The fraction of sp³-hybridized carbons (Fsp3) is 0.647. The Balaban J connectivity index is 2.63. The third-order valence-corrected chi connectivity index (χ3v) is 3.09. The summed E-state index contributed by atoms with van der Waals surface area (Å²) in [4.78, 5) is 49.5. The molecule has 0 spiro atoms. The van der Waals surface area contributed by atoms with Crippen molar-refractivity contribution >= 4 is 23.9 Å². The number of imide groups is 1. The van der Waals surface area contributed by atoms with E-state index in [0.717, 1.165) is 4.90 Å². The van der Waals surface area contributed by atoms with Crippen molar-refractivity contribution in [2.24, 2.45) is 0 Å². The summed E-state index contributed by atoms with van der Waals surface area (Å²) in [5.41, 5.74) is -0.611. The zero-order valence-electron chi connectivity index (χ0n) is 15.4. The van der Waals surface area contributed by atoms with Gasteiger partial charge in [0, 0.05) is 31.8 Å². The number of ether oxygens (including phenoxy) is 2. The molecule has 0 aromatic carbocycles. The Morgan fingerprint density at radius 1 is 1.12 bits per heavy atom. The molecule has 25 heavy (non-hydrogen) atoms. The van der Waals surface area contributed by atoms with Gasteiger partial charge in [0.1, 0.15) is 5.60 Å². The minimum Gasteiger partial charge on any atom is -0.460 e. The van der Waals surface area contributed by atoms with E-state index >= 15 is 0 Å². The second kappa shape index (κ2) is 8.64. The number of esters is 1. The second-order valence-corrected chi connectivity index (χ2v) is 6.92. The van der Waals surface area contributed by atoms with Crippen LogP contribution in [0.2, 0.25) is 0 Å². The average Bonchev–Trinajstić information content (AvgIpc) is 2.75. The maximum absolute atomic E-state index is 12.2. The lowest BCUT2D eigenvalue weighted by Crippen LogP contribution is -2.42. The molecule has 0 atom stereocenters. The minimum absolute atomic E-state index is 0.00932. The largest absolute Gasteiger partial charge is 0.460 e. The van der Waals surface area contributed by atoms with Crippen LogP contribution in [0.15, 0.2) is 12.2 Å². The Labute approximate surface area is 147 Å². The van der Waals surface area contributed by atoms with Crippen molar-refractivity contribution in [1.29, 1.82) is 0 Å². The maximum atomic E-state index is 12.2. The summed E-state index contributed by atoms with van der Waals surface area (Å²) in [6, 6.07) is 0. The van der Waals surface area contributed by atoms with E-state index < -0.39 is 29.5 Å². The van der Waals surface area contributed by atoms with Crippen LogP contribution >= 0.6 is 0 Å². The van der Waals surface area contributed by atoms with E-state index in [1.807, 2.05) is 0 Å². The van der Waals surface area contributed by atoms with Gasteiger partial charge < -0.3 is 14.4 Å². The van der Waals surface area contributed by atoms with Crippen molar-refractivity contribution in [1.82, 2.24) is 9.80 Å². The fourth-order valence-electron chi connectivity index (χ4n) is 2.06. The van der Waals surface area contributed by atoms with Crippen molar-refractivity contribution in [3.8, 4) is 0 Å². The Hall–Kier alpha value is -2.38. The van der Waals surface area contributed by atoms with Gasteiger partial charge in [0.15, 0.2) is 0 Å². The molecule has 1 rings (SSSR count). The van der Waals surface area contributed by atoms with Crippen LogP contribution in [0.4, 0.5) is 4.79 Å². The summed E-state index contributed by atoms with van der Waals surface area (Å²) >= 11 is 0. The lowest BCUT2D eigenvalue weighted by atomic mass is 10.2. The van der Waals surface area contributed by atoms with Crippen LogP contribution in [0.3, 0.4) is 0 Å². The van der Waals surface area contributed by atoms with Gasteiger partial charge >= 0.3 is 12.1 Å². The fourth-order valence-corrected chi connectivity index (χ4v) is 2.06. The molecule has 0 aromatic rings. The van der Waals surface area contributed by atoms with Crippen molar-refractivity contribution in [3.63, 3.8) is 0 Å². The zero-order chi connectivity index (χ0) is 19.2. The Morgan fingerprint density at radius 3 is 2.16 bits per heavy atom. The summed E-state index contributed by atoms with van der Waals surface area (Å²) in [5, 5.41) is 0. The highest BCUT2D eigenvalue weighted by molar-refractivity contribution is 6.12. The molecule has 0 aliphatic carbocycles. The first-order chi connectivity index (χ1) is 11.5. The van der Waals surface area contributed by atoms with Crippen molar-refractivity contribution in [3.05, 3.63) is 12.2 Å². The van der Waals surface area contributed by atoms with Crippen LogP contribution in [0.1, 0.15) is 41.0 Å². The third kappa shape index (κ3) is 7.36. The molecule has 0 saturated heterocycles. The van der Waals surface area contributed by atoms with E-state index in [-0.39, 0.29) is 32.2 Å². The summed E-state index contributed by atoms with van der Waals surface area (Å²) in [7, 11) is 0. The quantitative estimate of drug-likeness (QED) is 0.508. The van der Waals surface area contributed by atoms with Gasteiger partial charge in [-0.25, -0.2) is 4.79 Å². The molecule has 0 aromatic heterocycles. The standard InChI is InChI=1S/C17H26N2O6/c1-12(2)24-16(23)18(9-8-15(22)25-17(3,4)5)10-11-19-13(20)6-7-14(19)21/h6-7,12H,8-11H2,1-5H3. The number of rotatable bonds is 7. The van der Waals surface area contributed by atoms with E-state index in [4.69, 9.17) is 9.47 Å². The van der Waals surface area contributed by atoms with E-state index in [1.165, 1.54) is 17.1 Å². The molecule has 3 amide bonds. The van der Waals surface area contributed by atoms with Gasteiger partial charge in [-0.05, 0) is 34.6 Å². The van der Waals surface area contributed by atoms with Crippen LogP contribution in [-0.4, -0.2) is 65.0 Å². The molecule has 0 saturated carbocycles. The number of hydrogen-bond donors (Lipinski definition) is 0. The van der Waals surface area contributed by atoms with E-state index in [2.05, 4.69) is 0 Å². The number of carbonyl (C=O) groups is 4. The maximum Gasteiger partial charge on any atom is 0.410 e. The van der Waals surface area contributed by atoms with E-state index in [1.54, 1.807) is 34.6 Å². The van der Waals surface area contributed by atoms with Crippen molar-refractivity contribution < 1.29 is 28.7 Å². The minimum atomic E-state index is -0.611. The molecule has 140 valence electrons. The number of nitrogens with zero attached hydrogens (tertiary/aromatic N) is 2. The Morgan fingerprint density at radius 2 is 1.68 bits per heavy atom. The van der Waals surface area contributed by atoms with Gasteiger partial charge in [-0.3, -0.25) is 19.3 Å². The van der Waals surface area contributed by atoms with Gasteiger partial charge in [0.25, 0.3) is 11.8 Å². The molecule has 0 bridgehead atoms. The van der Waals surface area contributed by atoms with Crippen LogP contribution in [0, 0.1) is 0 Å². The van der Waals surface area contributed by atoms with Gasteiger partial charge in [0.05, 0.1) is 12.5 Å². The Kier molecular flexibility index (Phi) is 7.14. The first kappa shape index (κ1) is 20.7. The normalized spacial score (nSPS) is 14.2. The lowest BCUT2D eigenvalue weighted by Gasteiger charge is -2.26. The summed E-state index contributed by atoms with van der Waals surface area (Å²) < 4.78 is 10.4. The van der Waals surface area contributed by atoms with Crippen molar-refractivity contribution in [2.45, 2.75) is 52.7 Å². The molecule has 0 fully saturated rings. The Bertz CT molecular complexity index is 544. The molecule has 0 N–H and O–H groups in total. The van der Waals surface area contributed by atoms with Crippen LogP contribution < -0.4 is 0 Å². The molecule has 0 radical (unpaired) electrons. The van der Waals surface area contributed by atoms with Crippen LogP contribution in [0.25, 0.3) is 0 Å². The molecule has 0 unspecified atom stereocenters. The average molecular weight is 354 g/mol. The molecule has 8 nitrogen and oxygen atoms in total. The third-order valence-electron chi connectivity index (χ3n) is 3.09. The topological polar surface area (TPSA) is 93.2 Å². The van der Waals surface area contributed by atoms with Crippen molar-refractivity contribution in [2.75, 3.05) is 19.6 Å². The molecular weight excluding hydrogens is 328 g/mol. The van der Waals surface area contributed by atoms with Gasteiger partial charge in [-0.1, -0.05) is 0 Å². The van der Waals surface area contributed by atoms with Crippen LogP contribution in [0.5, 0.6) is 0 Å². The number of amides is 3.